The Morgan fingerprint density at radius 2 is 1.81 bits per heavy atom. The lowest BCUT2D eigenvalue weighted by atomic mass is 9.61. The first-order valence-corrected chi connectivity index (χ1v) is 11.7. The number of ketones is 2. The van der Waals surface area contributed by atoms with E-state index in [-0.39, 0.29) is 17.8 Å². The predicted molar refractivity (Wildman–Crippen MR) is 109 cm³/mol. The second-order valence-electron chi connectivity index (χ2n) is 9.16. The number of halogens is 2. The van der Waals surface area contributed by atoms with Crippen LogP contribution in [0.2, 0.25) is 0 Å². The van der Waals surface area contributed by atoms with Gasteiger partial charge in [-0.15, -0.1) is 0 Å². The first kappa shape index (κ1) is 17.6. The lowest BCUT2D eigenvalue weighted by Gasteiger charge is -2.41. The van der Waals surface area contributed by atoms with Gasteiger partial charge in [0.2, 0.25) is 0 Å². The summed E-state index contributed by atoms with van der Waals surface area (Å²) in [4.78, 5) is 27.5. The standard InChI is InChI=1S/C22H24Br2O2/c1-9-4-10(2)12(11(3)5-9)6-13-16-17-15-7-14(19(17)24)18(20(13)25)22(15,8-23)21(16)26/h4-5,13-19H,6-8H2,1-3H3/t13-,14+,15+,16-,17-,18-,19?,22-/m0/s1. The van der Waals surface area contributed by atoms with Crippen molar-refractivity contribution >= 4 is 43.4 Å². The van der Waals surface area contributed by atoms with Crippen LogP contribution >= 0.6 is 31.9 Å². The zero-order chi connectivity index (χ0) is 18.5. The first-order valence-electron chi connectivity index (χ1n) is 9.67. The summed E-state index contributed by atoms with van der Waals surface area (Å²) in [6, 6.07) is 4.41. The van der Waals surface area contributed by atoms with E-state index in [1.807, 2.05) is 0 Å². The van der Waals surface area contributed by atoms with Gasteiger partial charge >= 0.3 is 0 Å². The summed E-state index contributed by atoms with van der Waals surface area (Å²) in [5.41, 5.74) is 4.65. The Hall–Kier alpha value is -0.480. The van der Waals surface area contributed by atoms with Crippen molar-refractivity contribution in [3.63, 3.8) is 0 Å². The SMILES string of the molecule is Cc1cc(C)c(C[C@@H]2C(=O)[C@@H]3[C@H]4C[C@@H]5[C@H](C4Br)[C@H]2C(=O)[C@@]53CBr)c(C)c1. The molecule has 8 atom stereocenters. The Kier molecular flexibility index (Phi) is 3.75. The van der Waals surface area contributed by atoms with E-state index < -0.39 is 5.41 Å². The third kappa shape index (κ3) is 1.84. The third-order valence-corrected chi connectivity index (χ3v) is 10.4. The maximum absolute atomic E-state index is 13.6. The summed E-state index contributed by atoms with van der Waals surface area (Å²) in [5.74, 6) is 1.59. The highest BCUT2D eigenvalue weighted by Gasteiger charge is 2.80. The number of carbonyl (C=O) groups is 2. The van der Waals surface area contributed by atoms with Crippen molar-refractivity contribution < 1.29 is 9.59 Å². The number of Topliss-reactive ketones (excluding diaryl/α,β-unsaturated/α-hetero) is 2. The van der Waals surface area contributed by atoms with Gasteiger partial charge in [0, 0.05) is 27.9 Å². The summed E-state index contributed by atoms with van der Waals surface area (Å²) >= 11 is 7.55. The molecule has 0 amide bonds. The van der Waals surface area contributed by atoms with Crippen LogP contribution in [0, 0.1) is 61.7 Å². The average Bonchev–Trinajstić information content (AvgIpc) is 3.10. The monoisotopic (exact) mass is 478 g/mol. The summed E-state index contributed by atoms with van der Waals surface area (Å²) in [6.07, 6.45) is 1.79. The smallest absolute Gasteiger partial charge is 0.145 e. The number of hydrogen-bond donors (Lipinski definition) is 0. The van der Waals surface area contributed by atoms with E-state index in [1.165, 1.54) is 22.3 Å². The summed E-state index contributed by atoms with van der Waals surface area (Å²) in [7, 11) is 0. The van der Waals surface area contributed by atoms with Crippen molar-refractivity contribution in [2.24, 2.45) is 40.9 Å². The van der Waals surface area contributed by atoms with Crippen LogP contribution in [0.25, 0.3) is 0 Å². The van der Waals surface area contributed by atoms with Gasteiger partial charge in [-0.05, 0) is 68.1 Å². The zero-order valence-electron chi connectivity index (χ0n) is 15.4. The largest absolute Gasteiger partial charge is 0.299 e. The number of hydrogen-bond acceptors (Lipinski definition) is 2. The molecule has 0 aliphatic heterocycles. The normalized spacial score (nSPS) is 45.2. The number of benzene rings is 1. The molecule has 0 heterocycles. The van der Waals surface area contributed by atoms with Crippen molar-refractivity contribution in [1.29, 1.82) is 0 Å². The fourth-order valence-electron chi connectivity index (χ4n) is 7.39. The summed E-state index contributed by atoms with van der Waals surface area (Å²) in [6.45, 7) is 6.39. The van der Waals surface area contributed by atoms with Crippen LogP contribution in [0.5, 0.6) is 0 Å². The lowest BCUT2D eigenvalue weighted by molar-refractivity contribution is -0.148. The number of alkyl halides is 2. The van der Waals surface area contributed by atoms with E-state index in [9.17, 15) is 9.59 Å². The van der Waals surface area contributed by atoms with Crippen molar-refractivity contribution in [3.8, 4) is 0 Å². The lowest BCUT2D eigenvalue weighted by Crippen LogP contribution is -2.52. The molecule has 4 fully saturated rings. The van der Waals surface area contributed by atoms with E-state index in [4.69, 9.17) is 0 Å². The fourth-order valence-corrected chi connectivity index (χ4v) is 9.65. The van der Waals surface area contributed by atoms with Crippen LogP contribution in [0.15, 0.2) is 12.1 Å². The zero-order valence-corrected chi connectivity index (χ0v) is 18.6. The molecule has 0 saturated heterocycles. The van der Waals surface area contributed by atoms with Gasteiger partial charge in [-0.25, -0.2) is 0 Å². The quantitative estimate of drug-likeness (QED) is 0.594. The molecule has 4 saturated carbocycles. The topological polar surface area (TPSA) is 34.1 Å². The van der Waals surface area contributed by atoms with Gasteiger partial charge in [0.15, 0.2) is 0 Å². The molecule has 138 valence electrons. The molecule has 1 unspecified atom stereocenters. The average molecular weight is 480 g/mol. The predicted octanol–water partition coefficient (Wildman–Crippen LogP) is 4.58. The molecule has 5 rings (SSSR count). The Balaban J connectivity index is 1.60. The third-order valence-electron chi connectivity index (χ3n) is 8.18. The van der Waals surface area contributed by atoms with E-state index in [1.54, 1.807) is 0 Å². The van der Waals surface area contributed by atoms with Gasteiger partial charge < -0.3 is 0 Å². The van der Waals surface area contributed by atoms with Gasteiger partial charge in [-0.2, -0.15) is 0 Å². The number of carbonyl (C=O) groups excluding carboxylic acids is 2. The van der Waals surface area contributed by atoms with Crippen molar-refractivity contribution in [2.45, 2.75) is 38.4 Å². The minimum Gasteiger partial charge on any atom is -0.299 e. The highest BCUT2D eigenvalue weighted by atomic mass is 79.9. The number of aryl methyl sites for hydroxylation is 3. The van der Waals surface area contributed by atoms with Gasteiger partial charge in [-0.1, -0.05) is 49.6 Å². The van der Waals surface area contributed by atoms with E-state index in [2.05, 4.69) is 64.8 Å². The van der Waals surface area contributed by atoms with Crippen molar-refractivity contribution in [1.82, 2.24) is 0 Å². The molecular weight excluding hydrogens is 456 g/mol. The first-order chi connectivity index (χ1) is 12.3. The molecule has 0 N–H and O–H groups in total. The molecule has 4 aliphatic carbocycles. The number of rotatable bonds is 3. The molecule has 0 aromatic heterocycles. The van der Waals surface area contributed by atoms with Gasteiger partial charge in [0.1, 0.15) is 11.6 Å². The second kappa shape index (κ2) is 5.53. The highest BCUT2D eigenvalue weighted by molar-refractivity contribution is 9.09. The van der Waals surface area contributed by atoms with Crippen molar-refractivity contribution in [3.05, 3.63) is 34.4 Å². The van der Waals surface area contributed by atoms with Gasteiger partial charge in [0.05, 0.1) is 5.41 Å². The molecule has 0 radical (unpaired) electrons. The molecular formula is C22H24Br2O2. The van der Waals surface area contributed by atoms with Gasteiger partial charge in [0.25, 0.3) is 0 Å². The minimum atomic E-state index is -0.394. The van der Waals surface area contributed by atoms with E-state index in [0.29, 0.717) is 39.5 Å². The highest BCUT2D eigenvalue weighted by Crippen LogP contribution is 2.75. The minimum absolute atomic E-state index is 0.0742. The van der Waals surface area contributed by atoms with Crippen LogP contribution in [0.4, 0.5) is 0 Å². The molecule has 4 bridgehead atoms. The Bertz CT molecular complexity index is 824. The van der Waals surface area contributed by atoms with E-state index >= 15 is 0 Å². The van der Waals surface area contributed by atoms with Crippen LogP contribution in [0.1, 0.15) is 28.7 Å². The van der Waals surface area contributed by atoms with Gasteiger partial charge in [-0.3, -0.25) is 9.59 Å². The Morgan fingerprint density at radius 3 is 2.42 bits per heavy atom. The van der Waals surface area contributed by atoms with Crippen LogP contribution in [-0.4, -0.2) is 21.7 Å². The van der Waals surface area contributed by atoms with E-state index in [0.717, 1.165) is 12.8 Å². The second-order valence-corrected chi connectivity index (χ2v) is 10.8. The molecule has 4 heteroatoms. The molecule has 1 aromatic carbocycles. The molecule has 4 aliphatic rings. The molecule has 1 aromatic rings. The Labute approximate surface area is 171 Å². The fraction of sp³-hybridized carbons (Fsp3) is 0.636. The summed E-state index contributed by atoms with van der Waals surface area (Å²) < 4.78 is 0. The molecule has 0 spiro atoms. The Morgan fingerprint density at radius 1 is 1.15 bits per heavy atom. The van der Waals surface area contributed by atoms with Crippen LogP contribution in [-0.2, 0) is 16.0 Å². The number of fused-ring (bicyclic) bond motifs is 4. The molecule has 2 nitrogen and oxygen atoms in total. The van der Waals surface area contributed by atoms with Crippen LogP contribution < -0.4 is 0 Å². The maximum atomic E-state index is 13.6. The summed E-state index contributed by atoms with van der Waals surface area (Å²) in [5, 5.41) is 0.665. The maximum Gasteiger partial charge on any atom is 0.145 e. The molecule has 26 heavy (non-hydrogen) atoms. The van der Waals surface area contributed by atoms with Crippen molar-refractivity contribution in [2.75, 3.05) is 5.33 Å². The van der Waals surface area contributed by atoms with Crippen LogP contribution in [0.3, 0.4) is 0 Å².